The van der Waals surface area contributed by atoms with E-state index in [9.17, 15) is 19.4 Å². The third kappa shape index (κ3) is 2.72. The highest BCUT2D eigenvalue weighted by atomic mass is 19.1. The van der Waals surface area contributed by atoms with Crippen molar-refractivity contribution in [3.63, 3.8) is 0 Å². The molecule has 1 aliphatic carbocycles. The smallest absolute Gasteiger partial charge is 0.335 e. The topological polar surface area (TPSA) is 71.7 Å². The Balaban J connectivity index is 1.73. The van der Waals surface area contributed by atoms with Crippen LogP contribution in [0.25, 0.3) is 16.6 Å². The van der Waals surface area contributed by atoms with Crippen molar-refractivity contribution in [1.82, 2.24) is 4.57 Å². The number of phenols is 1. The molecule has 1 atom stereocenters. The van der Waals surface area contributed by atoms with E-state index in [0.717, 1.165) is 33.6 Å². The summed E-state index contributed by atoms with van der Waals surface area (Å²) in [5.41, 5.74) is 4.49. The normalized spacial score (nSPS) is 20.4. The van der Waals surface area contributed by atoms with Crippen molar-refractivity contribution >= 4 is 16.9 Å². The molecule has 6 rings (SSSR count). The van der Waals surface area contributed by atoms with Gasteiger partial charge in [0.2, 0.25) is 0 Å². The lowest BCUT2D eigenvalue weighted by molar-refractivity contribution is -0.0547. The molecule has 0 radical (unpaired) electrons. The molecule has 2 N–H and O–H groups in total. The third-order valence-corrected chi connectivity index (χ3v) is 7.31. The van der Waals surface area contributed by atoms with Crippen LogP contribution in [-0.4, -0.2) is 27.4 Å². The fraction of sp³-hybridized carbons (Fsp3) is 0.250. The lowest BCUT2D eigenvalue weighted by atomic mass is 9.75. The molecule has 1 spiro atoms. The number of hydrogen-bond acceptors (Lipinski definition) is 3. The predicted molar refractivity (Wildman–Crippen MR) is 126 cm³/mol. The zero-order chi connectivity index (χ0) is 23.8. The standard InChI is InChI=1S/C28H24FNO4/c1-27(2)15-34-28(13-12-16-14-17(26(32)33)6-11-20(16)28)24-23-21(4-3-5-22(23)31)30(25(24)27)19-9-7-18(29)8-10-19/h3-11,14,31H,12-13,15H2,1-2H3,(H,32,33). The van der Waals surface area contributed by atoms with Gasteiger partial charge in [-0.05, 0) is 72.5 Å². The predicted octanol–water partition coefficient (Wildman–Crippen LogP) is 5.67. The van der Waals surface area contributed by atoms with Crippen LogP contribution < -0.4 is 0 Å². The lowest BCUT2D eigenvalue weighted by Crippen LogP contribution is -2.43. The number of nitrogens with zero attached hydrogens (tertiary/aromatic N) is 1. The van der Waals surface area contributed by atoms with Crippen LogP contribution in [0.1, 0.15) is 53.0 Å². The SMILES string of the molecule is CC1(C)COC2(CCc3cc(C(=O)O)ccc32)c2c1n(-c1ccc(F)cc1)c1cccc(O)c21. The molecule has 0 fully saturated rings. The second-order valence-corrected chi connectivity index (χ2v) is 9.88. The van der Waals surface area contributed by atoms with E-state index in [2.05, 4.69) is 18.4 Å². The van der Waals surface area contributed by atoms with Crippen LogP contribution in [-0.2, 0) is 22.2 Å². The molecule has 1 aromatic heterocycles. The van der Waals surface area contributed by atoms with Crippen molar-refractivity contribution < 1.29 is 24.1 Å². The van der Waals surface area contributed by atoms with Gasteiger partial charge in [0, 0.05) is 27.7 Å². The van der Waals surface area contributed by atoms with E-state index in [0.29, 0.717) is 24.8 Å². The molecule has 0 saturated heterocycles. The number of fused-ring (bicyclic) bond motifs is 6. The van der Waals surface area contributed by atoms with E-state index in [1.807, 2.05) is 18.2 Å². The first-order chi connectivity index (χ1) is 16.2. The fourth-order valence-electron chi connectivity index (χ4n) is 5.84. The Labute approximate surface area is 196 Å². The molecule has 0 amide bonds. The van der Waals surface area contributed by atoms with Gasteiger partial charge in [-0.2, -0.15) is 0 Å². The summed E-state index contributed by atoms with van der Waals surface area (Å²) >= 11 is 0. The number of aromatic nitrogens is 1. The molecule has 2 aliphatic rings. The first-order valence-electron chi connectivity index (χ1n) is 11.4. The van der Waals surface area contributed by atoms with Crippen LogP contribution in [0.3, 0.4) is 0 Å². The Hall–Kier alpha value is -3.64. The van der Waals surface area contributed by atoms with Crippen molar-refractivity contribution in [2.75, 3.05) is 6.61 Å². The fourth-order valence-corrected chi connectivity index (χ4v) is 5.84. The highest BCUT2D eigenvalue weighted by Gasteiger charge is 2.52. The van der Waals surface area contributed by atoms with E-state index in [-0.39, 0.29) is 17.1 Å². The Morgan fingerprint density at radius 3 is 2.59 bits per heavy atom. The average Bonchev–Trinajstić information content (AvgIpc) is 3.36. The molecule has 0 saturated carbocycles. The zero-order valence-electron chi connectivity index (χ0n) is 18.9. The van der Waals surface area contributed by atoms with E-state index < -0.39 is 17.0 Å². The summed E-state index contributed by atoms with van der Waals surface area (Å²) < 4.78 is 22.6. The summed E-state index contributed by atoms with van der Waals surface area (Å²) in [7, 11) is 0. The van der Waals surface area contributed by atoms with Crippen LogP contribution >= 0.6 is 0 Å². The highest BCUT2D eigenvalue weighted by Crippen LogP contribution is 2.56. The van der Waals surface area contributed by atoms with Crippen LogP contribution in [0.15, 0.2) is 60.7 Å². The van der Waals surface area contributed by atoms with Gasteiger partial charge in [0.25, 0.3) is 0 Å². The molecule has 1 unspecified atom stereocenters. The summed E-state index contributed by atoms with van der Waals surface area (Å²) in [6.07, 6.45) is 1.32. The number of rotatable bonds is 2. The van der Waals surface area contributed by atoms with Crippen molar-refractivity contribution in [3.05, 3.63) is 94.4 Å². The second-order valence-electron chi connectivity index (χ2n) is 9.88. The summed E-state index contributed by atoms with van der Waals surface area (Å²) in [5.74, 6) is -1.11. The Bertz CT molecular complexity index is 1480. The van der Waals surface area contributed by atoms with Gasteiger partial charge in [-0.15, -0.1) is 0 Å². The quantitative estimate of drug-likeness (QED) is 0.407. The van der Waals surface area contributed by atoms with Crippen molar-refractivity contribution in [3.8, 4) is 11.4 Å². The van der Waals surface area contributed by atoms with Crippen LogP contribution in [0.2, 0.25) is 0 Å². The van der Waals surface area contributed by atoms with Crippen LogP contribution in [0.4, 0.5) is 4.39 Å². The number of ether oxygens (including phenoxy) is 1. The Morgan fingerprint density at radius 1 is 1.09 bits per heavy atom. The highest BCUT2D eigenvalue weighted by molar-refractivity contribution is 5.95. The number of aromatic carboxylic acids is 1. The number of carboxylic acids is 1. The van der Waals surface area contributed by atoms with E-state index in [4.69, 9.17) is 4.74 Å². The largest absolute Gasteiger partial charge is 0.507 e. The molecule has 172 valence electrons. The van der Waals surface area contributed by atoms with Gasteiger partial charge < -0.3 is 19.5 Å². The number of benzene rings is 3. The number of aryl methyl sites for hydroxylation is 1. The van der Waals surface area contributed by atoms with Crippen molar-refractivity contribution in [1.29, 1.82) is 0 Å². The number of carboxylic acid groups (broad SMARTS) is 1. The average molecular weight is 458 g/mol. The molecule has 3 aromatic carbocycles. The molecule has 6 heteroatoms. The number of hydrogen-bond donors (Lipinski definition) is 2. The van der Waals surface area contributed by atoms with Gasteiger partial charge >= 0.3 is 5.97 Å². The molecular formula is C28H24FNO4. The monoisotopic (exact) mass is 457 g/mol. The second kappa shape index (κ2) is 6.93. The maximum Gasteiger partial charge on any atom is 0.335 e. The van der Waals surface area contributed by atoms with E-state index in [1.165, 1.54) is 12.1 Å². The maximum absolute atomic E-state index is 13.8. The van der Waals surface area contributed by atoms with Gasteiger partial charge in [-0.3, -0.25) is 0 Å². The summed E-state index contributed by atoms with van der Waals surface area (Å²) in [5, 5.41) is 21.3. The maximum atomic E-state index is 13.8. The molecule has 4 aromatic rings. The van der Waals surface area contributed by atoms with Gasteiger partial charge in [0.1, 0.15) is 17.2 Å². The minimum atomic E-state index is -0.958. The first kappa shape index (κ1) is 20.9. The van der Waals surface area contributed by atoms with Crippen molar-refractivity contribution in [2.24, 2.45) is 0 Å². The molecule has 0 bridgehead atoms. The minimum Gasteiger partial charge on any atom is -0.507 e. The molecule has 1 aliphatic heterocycles. The number of phenolic OH excluding ortho intramolecular Hbond substituents is 1. The number of halogens is 1. The van der Waals surface area contributed by atoms with Gasteiger partial charge in [-0.25, -0.2) is 9.18 Å². The van der Waals surface area contributed by atoms with Crippen LogP contribution in [0, 0.1) is 5.82 Å². The minimum absolute atomic E-state index is 0.158. The number of aromatic hydroxyl groups is 1. The zero-order valence-corrected chi connectivity index (χ0v) is 18.9. The van der Waals surface area contributed by atoms with Gasteiger partial charge in [-0.1, -0.05) is 26.0 Å². The van der Waals surface area contributed by atoms with Crippen molar-refractivity contribution in [2.45, 2.75) is 37.7 Å². The van der Waals surface area contributed by atoms with E-state index in [1.54, 1.807) is 30.3 Å². The van der Waals surface area contributed by atoms with E-state index >= 15 is 0 Å². The summed E-state index contributed by atoms with van der Waals surface area (Å²) in [6, 6.07) is 17.0. The summed E-state index contributed by atoms with van der Waals surface area (Å²) in [4.78, 5) is 11.6. The molecule has 34 heavy (non-hydrogen) atoms. The number of carbonyl (C=O) groups is 1. The summed E-state index contributed by atoms with van der Waals surface area (Å²) in [6.45, 7) is 4.66. The van der Waals surface area contributed by atoms with Gasteiger partial charge in [0.05, 0.1) is 17.7 Å². The Kier molecular flexibility index (Phi) is 4.27. The van der Waals surface area contributed by atoms with Crippen LogP contribution in [0.5, 0.6) is 5.75 Å². The first-order valence-corrected chi connectivity index (χ1v) is 11.4. The molecule has 2 heterocycles. The Morgan fingerprint density at radius 2 is 1.85 bits per heavy atom. The van der Waals surface area contributed by atoms with Gasteiger partial charge in [0.15, 0.2) is 0 Å². The molecular weight excluding hydrogens is 433 g/mol. The lowest BCUT2D eigenvalue weighted by Gasteiger charge is -2.43. The molecule has 5 nitrogen and oxygen atoms in total. The third-order valence-electron chi connectivity index (χ3n) is 7.31.